The van der Waals surface area contributed by atoms with E-state index in [0.717, 1.165) is 5.57 Å². The van der Waals surface area contributed by atoms with Crippen LogP contribution in [0.5, 0.6) is 0 Å². The van der Waals surface area contributed by atoms with Crippen LogP contribution in [-0.2, 0) is 38.1 Å². The fourth-order valence-corrected chi connectivity index (χ4v) is 3.98. The maximum atomic E-state index is 12.8. The molecule has 1 aliphatic carbocycles. The predicted octanol–water partition coefficient (Wildman–Crippen LogP) is 0.361. The summed E-state index contributed by atoms with van der Waals surface area (Å²) >= 11 is 0. The number of ether oxygens (including phenoxy) is 5. The number of hydrogen-bond acceptors (Lipinski definition) is 9. The fraction of sp³-hybridized carbons (Fsp3) is 0.571. The van der Waals surface area contributed by atoms with Crippen LogP contribution in [0.25, 0.3) is 0 Å². The maximum absolute atomic E-state index is 12.8. The fourth-order valence-electron chi connectivity index (χ4n) is 3.98. The number of hydrogen-bond donors (Lipinski definition) is 1. The number of carbonyl (C=O) groups excluding carboxylic acids is 3. The van der Waals surface area contributed by atoms with Gasteiger partial charge in [0.2, 0.25) is 0 Å². The SMILES string of the molecule is C=C1C(=O)OC2C=C(C)C3OC3/C=C(/C(=O)OC)C(O)C(OC(=O)C3(C)OC3C)C12. The second kappa shape index (κ2) is 7.04. The molecule has 0 spiro atoms. The Morgan fingerprint density at radius 3 is 2.53 bits per heavy atom. The normalized spacial score (nSPS) is 43.8. The number of rotatable bonds is 3. The standard InChI is InChI=1S/C21H24O9/c1-8-6-12-14(9(2)18(23)28-12)17(29-20(25)21(4)10(3)30-21)15(22)11(19(24)26-5)7-13-16(8)27-13/h6-7,10,12-17,22H,2H2,1,3-5H3/b8-6?,11-7+. The Morgan fingerprint density at radius 2 is 1.93 bits per heavy atom. The smallest absolute Gasteiger partial charge is 0.341 e. The molecule has 3 fully saturated rings. The molecule has 0 amide bonds. The van der Waals surface area contributed by atoms with Gasteiger partial charge in [-0.3, -0.25) is 0 Å². The van der Waals surface area contributed by atoms with Crippen LogP contribution >= 0.6 is 0 Å². The lowest BCUT2D eigenvalue weighted by Crippen LogP contribution is -2.46. The quantitative estimate of drug-likeness (QED) is 0.227. The van der Waals surface area contributed by atoms with E-state index in [1.165, 1.54) is 13.2 Å². The zero-order valence-corrected chi connectivity index (χ0v) is 17.1. The lowest BCUT2D eigenvalue weighted by Gasteiger charge is -2.31. The average Bonchev–Trinajstić information content (AvgIpc) is 3.58. The van der Waals surface area contributed by atoms with Crippen LogP contribution in [-0.4, -0.2) is 72.3 Å². The molecule has 0 radical (unpaired) electrons. The molecular formula is C21H24O9. The van der Waals surface area contributed by atoms with E-state index in [9.17, 15) is 19.5 Å². The van der Waals surface area contributed by atoms with Gasteiger partial charge in [-0.2, -0.15) is 0 Å². The zero-order valence-electron chi connectivity index (χ0n) is 17.1. The van der Waals surface area contributed by atoms with E-state index in [1.807, 2.05) is 6.92 Å². The lowest BCUT2D eigenvalue weighted by molar-refractivity contribution is -0.165. The molecule has 3 saturated heterocycles. The Hall–Kier alpha value is -2.49. The van der Waals surface area contributed by atoms with E-state index < -0.39 is 53.8 Å². The van der Waals surface area contributed by atoms with E-state index >= 15 is 0 Å². The molecule has 3 aliphatic heterocycles. The molecule has 0 aromatic heterocycles. The summed E-state index contributed by atoms with van der Waals surface area (Å²) in [4.78, 5) is 37.5. The minimum absolute atomic E-state index is 0.0360. The minimum Gasteiger partial charge on any atom is -0.466 e. The van der Waals surface area contributed by atoms with Crippen LogP contribution in [0, 0.1) is 5.92 Å². The summed E-state index contributed by atoms with van der Waals surface area (Å²) in [5.74, 6) is -3.09. The molecule has 4 rings (SSSR count). The average molecular weight is 420 g/mol. The Bertz CT molecular complexity index is 887. The van der Waals surface area contributed by atoms with E-state index in [4.69, 9.17) is 23.7 Å². The molecule has 0 aromatic rings. The summed E-state index contributed by atoms with van der Waals surface area (Å²) in [5, 5.41) is 11.1. The topological polar surface area (TPSA) is 124 Å². The van der Waals surface area contributed by atoms with Gasteiger partial charge in [-0.15, -0.1) is 0 Å². The van der Waals surface area contributed by atoms with Gasteiger partial charge in [0, 0.05) is 5.57 Å². The first-order valence-corrected chi connectivity index (χ1v) is 9.69. The molecule has 3 heterocycles. The predicted molar refractivity (Wildman–Crippen MR) is 99.9 cm³/mol. The number of esters is 3. The van der Waals surface area contributed by atoms with Crippen molar-refractivity contribution in [3.8, 4) is 0 Å². The highest BCUT2D eigenvalue weighted by Gasteiger charge is 2.59. The van der Waals surface area contributed by atoms with E-state index in [-0.39, 0.29) is 23.4 Å². The highest BCUT2D eigenvalue weighted by molar-refractivity contribution is 5.93. The second-order valence-corrected chi connectivity index (χ2v) is 8.15. The van der Waals surface area contributed by atoms with Gasteiger partial charge in [0.25, 0.3) is 0 Å². The Kier molecular flexibility index (Phi) is 4.87. The van der Waals surface area contributed by atoms with Crippen molar-refractivity contribution in [1.29, 1.82) is 0 Å². The van der Waals surface area contributed by atoms with Gasteiger partial charge in [-0.1, -0.05) is 6.58 Å². The second-order valence-electron chi connectivity index (χ2n) is 8.15. The van der Waals surface area contributed by atoms with Crippen LogP contribution in [0.4, 0.5) is 0 Å². The summed E-state index contributed by atoms with van der Waals surface area (Å²) < 4.78 is 26.8. The minimum atomic E-state index is -1.60. The van der Waals surface area contributed by atoms with E-state index in [0.29, 0.717) is 0 Å². The number of epoxide rings is 2. The summed E-state index contributed by atoms with van der Waals surface area (Å²) in [5.41, 5.74) is -0.473. The summed E-state index contributed by atoms with van der Waals surface area (Å²) in [6.45, 7) is 8.86. The van der Waals surface area contributed by atoms with Crippen LogP contribution in [0.1, 0.15) is 20.8 Å². The molecule has 30 heavy (non-hydrogen) atoms. The number of fused-ring (bicyclic) bond motifs is 2. The first kappa shape index (κ1) is 20.8. The largest absolute Gasteiger partial charge is 0.466 e. The number of methoxy groups -OCH3 is 1. The van der Waals surface area contributed by atoms with Crippen LogP contribution in [0.3, 0.4) is 0 Å². The Labute approximate surface area is 173 Å². The third kappa shape index (κ3) is 3.27. The van der Waals surface area contributed by atoms with Crippen LogP contribution in [0.2, 0.25) is 0 Å². The highest BCUT2D eigenvalue weighted by Crippen LogP contribution is 2.42. The lowest BCUT2D eigenvalue weighted by atomic mass is 9.83. The van der Waals surface area contributed by atoms with Crippen LogP contribution < -0.4 is 0 Å². The molecule has 0 saturated carbocycles. The first-order chi connectivity index (χ1) is 14.1. The third-order valence-electron chi connectivity index (χ3n) is 6.20. The molecule has 0 bridgehead atoms. The molecule has 162 valence electrons. The zero-order chi connectivity index (χ0) is 22.0. The van der Waals surface area contributed by atoms with Crippen molar-refractivity contribution >= 4 is 17.9 Å². The Morgan fingerprint density at radius 1 is 1.27 bits per heavy atom. The summed E-state index contributed by atoms with van der Waals surface area (Å²) in [7, 11) is 1.18. The molecule has 8 unspecified atom stereocenters. The van der Waals surface area contributed by atoms with Gasteiger partial charge in [0.15, 0.2) is 5.60 Å². The van der Waals surface area contributed by atoms with Crippen molar-refractivity contribution in [2.75, 3.05) is 7.11 Å². The van der Waals surface area contributed by atoms with E-state index in [2.05, 4.69) is 6.58 Å². The Balaban J connectivity index is 1.77. The van der Waals surface area contributed by atoms with Crippen molar-refractivity contribution in [3.63, 3.8) is 0 Å². The van der Waals surface area contributed by atoms with Gasteiger partial charge in [-0.25, -0.2) is 14.4 Å². The van der Waals surface area contributed by atoms with Gasteiger partial charge in [0.1, 0.15) is 30.5 Å². The van der Waals surface area contributed by atoms with E-state index in [1.54, 1.807) is 19.9 Å². The van der Waals surface area contributed by atoms with Crippen molar-refractivity contribution in [1.82, 2.24) is 0 Å². The van der Waals surface area contributed by atoms with Crippen molar-refractivity contribution in [2.45, 2.75) is 63.0 Å². The maximum Gasteiger partial charge on any atom is 0.341 e. The monoisotopic (exact) mass is 420 g/mol. The molecular weight excluding hydrogens is 396 g/mol. The van der Waals surface area contributed by atoms with Gasteiger partial charge in [-0.05, 0) is 38.5 Å². The van der Waals surface area contributed by atoms with Crippen molar-refractivity contribution < 1.29 is 43.2 Å². The van der Waals surface area contributed by atoms with Crippen LogP contribution in [0.15, 0.2) is 35.5 Å². The molecule has 8 atom stereocenters. The van der Waals surface area contributed by atoms with Crippen molar-refractivity contribution in [2.24, 2.45) is 5.92 Å². The highest BCUT2D eigenvalue weighted by atomic mass is 16.7. The number of aliphatic hydroxyl groups excluding tert-OH is 1. The van der Waals surface area contributed by atoms with Gasteiger partial charge >= 0.3 is 17.9 Å². The van der Waals surface area contributed by atoms with Crippen molar-refractivity contribution in [3.05, 3.63) is 35.5 Å². The summed E-state index contributed by atoms with van der Waals surface area (Å²) in [6, 6.07) is 0. The van der Waals surface area contributed by atoms with Gasteiger partial charge < -0.3 is 28.8 Å². The molecule has 4 aliphatic rings. The molecule has 0 aromatic carbocycles. The molecule has 1 N–H and O–H groups in total. The first-order valence-electron chi connectivity index (χ1n) is 9.69. The van der Waals surface area contributed by atoms with Gasteiger partial charge in [0.05, 0.1) is 24.7 Å². The third-order valence-corrected chi connectivity index (χ3v) is 6.20. The number of carbonyl (C=O) groups is 3. The summed E-state index contributed by atoms with van der Waals surface area (Å²) in [6.07, 6.45) is -1.75. The molecule has 9 heteroatoms. The number of aliphatic hydroxyl groups is 1. The molecule has 9 nitrogen and oxygen atoms in total.